The second kappa shape index (κ2) is 37.6. The molecule has 18 aromatic heterocycles. The molecule has 0 bridgehead atoms. The van der Waals surface area contributed by atoms with Crippen molar-refractivity contribution in [3.63, 3.8) is 0 Å². The molecular formula is C89H117N39OS. The number of fused-ring (bicyclic) bond motifs is 12. The summed E-state index contributed by atoms with van der Waals surface area (Å²) in [6.07, 6.45) is 0. The number of aryl methyl sites for hydroxylation is 33. The first-order valence-electron chi connectivity index (χ1n) is 42.2. The Morgan fingerprint density at radius 3 is 1.02 bits per heavy atom. The Morgan fingerprint density at radius 2 is 0.531 bits per heavy atom. The van der Waals surface area contributed by atoms with Crippen molar-refractivity contribution in [1.82, 2.24) is 194 Å². The van der Waals surface area contributed by atoms with Crippen molar-refractivity contribution >= 4 is 133 Å². The van der Waals surface area contributed by atoms with Crippen LogP contribution >= 0.6 is 11.3 Å². The lowest BCUT2D eigenvalue weighted by atomic mass is 9.87. The Hall–Kier alpha value is -14.3. The van der Waals surface area contributed by atoms with Gasteiger partial charge in [-0.25, -0.2) is 34.9 Å². The van der Waals surface area contributed by atoms with E-state index in [0.717, 1.165) is 151 Å². The second-order valence-electron chi connectivity index (χ2n) is 32.9. The second-order valence-corrected chi connectivity index (χ2v) is 34.1. The predicted octanol–water partition coefficient (Wildman–Crippen LogP) is 13.6. The van der Waals surface area contributed by atoms with Crippen molar-refractivity contribution in [3.05, 3.63) is 157 Å². The Kier molecular flexibility index (Phi) is 27.4. The zero-order valence-corrected chi connectivity index (χ0v) is 83.1. The fraction of sp³-hybridized carbons (Fsp3) is 0.438. The summed E-state index contributed by atoms with van der Waals surface area (Å²) in [5.74, 6) is 2.37. The van der Waals surface area contributed by atoms with Gasteiger partial charge in [-0.05, 0) is 277 Å². The summed E-state index contributed by atoms with van der Waals surface area (Å²) < 4.78 is 7.39. The minimum Gasteiger partial charge on any atom is -0.440 e. The highest BCUT2D eigenvalue weighted by Crippen LogP contribution is 2.38. The van der Waals surface area contributed by atoms with Crippen LogP contribution < -0.4 is 0 Å². The van der Waals surface area contributed by atoms with Crippen LogP contribution in [0, 0.1) is 194 Å². The SMILES string of the molecule is Cc1c(C)c(C)c2c(c1C)c(C)c(C)c1nn(C)nc12.Cc1c(C)c(C)c2nn(C)nc2c1C.Cc1c(C)n(C)c2nn(C)nc12.Cc1nc(C)c2nn(C)nc2c1C.Cc1nc(C)c2nn(C)nc2n1.Cc1nc(C)c2nn(C)nc2n1.Cc1nc2nn(C)nc2c(C)c1C.Cc1nc2nn(C)nc2nc1C.Cc1oc2nn(C)nc2c1C.Cc1sc2nn(C)nc2c1C. The maximum atomic E-state index is 5.33. The molecule has 680 valence electrons. The van der Waals surface area contributed by atoms with E-state index in [-0.39, 0.29) is 0 Å². The molecule has 0 spiro atoms. The molecule has 18 heterocycles. The molecule has 40 nitrogen and oxygen atoms in total. The largest absolute Gasteiger partial charge is 0.440 e. The average Bonchev–Trinajstić information content (AvgIpc) is 1.26. The van der Waals surface area contributed by atoms with E-state index in [0.29, 0.717) is 28.3 Å². The molecule has 21 rings (SSSR count). The monoisotopic (exact) mass is 1780 g/mol. The van der Waals surface area contributed by atoms with E-state index in [1.165, 1.54) is 118 Å². The summed E-state index contributed by atoms with van der Waals surface area (Å²) in [4.78, 5) is 52.0. The van der Waals surface area contributed by atoms with Crippen LogP contribution in [-0.4, -0.2) is 194 Å². The molecular weight excluding hydrogens is 1660 g/mol. The third-order valence-electron chi connectivity index (χ3n) is 23.8. The standard InChI is InChI=1S/C17H21N3.C11H15N3.2C9H12N4.C8H12N4.3C7H9N5.C7H9N3O.C7H9N3S/c1-8-9(2)11(4)15-14(10(8)3)12(5)13(6)16-17(15)19-20(7)18-16;1-6-7(2)9(4)11-10(8(6)3)12-14(5)13-11;1-5-6(2)10-7(3)9-8(5)11-13(4)12-9;1-5-6(2)8-9(10-7(5)3)12-13(4)11-8;1-5-6(2)11(3)8-7(5)9-12(4)10-8;2*1-4-6-7(9-5(2)8-4)11-12(3)10-6;1-4-5(2)9-7-6(8-4)10-12(3)11-7;2*1-4-5(2)11-7-6(4)8-10(3)9-7/h1-7H3;1-5H3;2*1-4H3;1-4H3;3*1-3H3;2*1-3H3. The Bertz CT molecular complexity index is 7590. The van der Waals surface area contributed by atoms with Gasteiger partial charge in [-0.2, -0.15) is 93.9 Å². The first-order chi connectivity index (χ1) is 61.0. The van der Waals surface area contributed by atoms with Gasteiger partial charge in [-0.3, -0.25) is 4.98 Å². The van der Waals surface area contributed by atoms with Crippen molar-refractivity contribution in [3.8, 4) is 0 Å². The van der Waals surface area contributed by atoms with Gasteiger partial charge in [0.25, 0.3) is 5.71 Å². The smallest absolute Gasteiger partial charge is 0.266 e. The van der Waals surface area contributed by atoms with Gasteiger partial charge in [0, 0.05) is 116 Å². The molecule has 0 saturated heterocycles. The summed E-state index contributed by atoms with van der Waals surface area (Å²) in [6, 6.07) is 0. The summed E-state index contributed by atoms with van der Waals surface area (Å²) in [5, 5.41) is 87.3. The lowest BCUT2D eigenvalue weighted by Gasteiger charge is -2.17. The number of aromatic nitrogens is 39. The quantitative estimate of drug-likeness (QED) is 0.136. The molecule has 0 N–H and O–H groups in total. The fourth-order valence-electron chi connectivity index (χ4n) is 14.9. The van der Waals surface area contributed by atoms with E-state index < -0.39 is 0 Å². The molecule has 0 aliphatic carbocycles. The number of rotatable bonds is 0. The maximum Gasteiger partial charge on any atom is 0.266 e. The lowest BCUT2D eigenvalue weighted by molar-refractivity contribution is 0.544. The van der Waals surface area contributed by atoms with E-state index in [1.54, 1.807) is 68.3 Å². The third kappa shape index (κ3) is 19.3. The molecule has 0 aliphatic heterocycles. The van der Waals surface area contributed by atoms with Crippen LogP contribution in [0.4, 0.5) is 0 Å². The van der Waals surface area contributed by atoms with Gasteiger partial charge in [0.1, 0.15) is 67.1 Å². The number of benzene rings is 3. The minimum atomic E-state index is 0.612. The molecule has 0 atom stereocenters. The van der Waals surface area contributed by atoms with Crippen LogP contribution in [0.1, 0.15) is 157 Å². The number of hydrogen-bond donors (Lipinski definition) is 0. The highest BCUT2D eigenvalue weighted by atomic mass is 32.1. The normalized spacial score (nSPS) is 11.2. The van der Waals surface area contributed by atoms with Crippen LogP contribution in [0.25, 0.3) is 121 Å². The molecule has 21 aromatic rings. The summed E-state index contributed by atoms with van der Waals surface area (Å²) in [7, 11) is 20.2. The number of thiophene rings is 1. The predicted molar refractivity (Wildman–Crippen MR) is 507 cm³/mol. The Morgan fingerprint density at radius 1 is 0.200 bits per heavy atom. The van der Waals surface area contributed by atoms with Crippen molar-refractivity contribution in [2.24, 2.45) is 77.5 Å². The van der Waals surface area contributed by atoms with E-state index in [2.05, 4.69) is 257 Å². The summed E-state index contributed by atoms with van der Waals surface area (Å²) in [6.45, 7) is 57.4. The van der Waals surface area contributed by atoms with E-state index >= 15 is 0 Å². The maximum absolute atomic E-state index is 5.33. The first-order valence-corrected chi connectivity index (χ1v) is 43.0. The average molecular weight is 1780 g/mol. The molecule has 41 heteroatoms. The van der Waals surface area contributed by atoms with Gasteiger partial charge < -0.3 is 8.98 Å². The number of pyridine rings is 2. The van der Waals surface area contributed by atoms with Crippen LogP contribution in [0.5, 0.6) is 0 Å². The van der Waals surface area contributed by atoms with Gasteiger partial charge in [0.05, 0.1) is 28.5 Å². The van der Waals surface area contributed by atoms with Crippen molar-refractivity contribution < 1.29 is 4.42 Å². The van der Waals surface area contributed by atoms with E-state index in [4.69, 9.17) is 4.42 Å². The topological polar surface area (TPSA) is 428 Å². The Balaban J connectivity index is 0.000000131. The molecule has 0 unspecified atom stereocenters. The lowest BCUT2D eigenvalue weighted by Crippen LogP contribution is -1.98. The number of furan rings is 1. The zero-order chi connectivity index (χ0) is 95.4. The fourth-order valence-corrected chi connectivity index (χ4v) is 15.9. The third-order valence-corrected chi connectivity index (χ3v) is 24.9. The molecule has 0 radical (unpaired) electrons. The molecule has 0 amide bonds. The van der Waals surface area contributed by atoms with E-state index in [1.807, 2.05) is 132 Å². The molecule has 0 fully saturated rings. The highest BCUT2D eigenvalue weighted by Gasteiger charge is 2.22. The zero-order valence-electron chi connectivity index (χ0n) is 82.3. The van der Waals surface area contributed by atoms with Gasteiger partial charge in [-0.1, -0.05) is 0 Å². The van der Waals surface area contributed by atoms with Gasteiger partial charge in [0.2, 0.25) is 28.2 Å². The molecule has 0 saturated carbocycles. The van der Waals surface area contributed by atoms with Gasteiger partial charge in [0.15, 0.2) is 27.0 Å². The summed E-state index contributed by atoms with van der Waals surface area (Å²) >= 11 is 1.71. The van der Waals surface area contributed by atoms with Gasteiger partial charge >= 0.3 is 0 Å². The van der Waals surface area contributed by atoms with Crippen molar-refractivity contribution in [2.45, 2.75) is 194 Å². The molecule has 0 aliphatic rings. The van der Waals surface area contributed by atoms with E-state index in [9.17, 15) is 0 Å². The van der Waals surface area contributed by atoms with Crippen molar-refractivity contribution in [2.75, 3.05) is 0 Å². The van der Waals surface area contributed by atoms with Crippen LogP contribution in [0.3, 0.4) is 0 Å². The number of nitrogens with zero attached hydrogens (tertiary/aromatic N) is 39. The Labute approximate surface area is 755 Å². The van der Waals surface area contributed by atoms with Crippen LogP contribution in [0.15, 0.2) is 4.42 Å². The molecule has 3 aromatic carbocycles. The number of hydrogen-bond acceptors (Lipinski definition) is 30. The summed E-state index contributed by atoms with van der Waals surface area (Å²) in [5.41, 5.74) is 44.4. The first kappa shape index (κ1) is 94.8. The molecule has 130 heavy (non-hydrogen) atoms. The van der Waals surface area contributed by atoms with Crippen molar-refractivity contribution in [1.29, 1.82) is 0 Å². The highest BCUT2D eigenvalue weighted by molar-refractivity contribution is 7.18. The van der Waals surface area contributed by atoms with Crippen LogP contribution in [-0.2, 0) is 77.5 Å². The van der Waals surface area contributed by atoms with Gasteiger partial charge in [-0.15, -0.1) is 67.4 Å². The minimum absolute atomic E-state index is 0.612. The van der Waals surface area contributed by atoms with Crippen LogP contribution in [0.2, 0.25) is 0 Å².